The zero-order valence-corrected chi connectivity index (χ0v) is 18.2. The summed E-state index contributed by atoms with van der Waals surface area (Å²) >= 11 is 1.37. The van der Waals surface area contributed by atoms with E-state index in [0.717, 1.165) is 34.3 Å². The van der Waals surface area contributed by atoms with Gasteiger partial charge in [-0.1, -0.05) is 12.1 Å². The van der Waals surface area contributed by atoms with Crippen molar-refractivity contribution in [2.45, 2.75) is 32.4 Å². The van der Waals surface area contributed by atoms with E-state index in [4.69, 9.17) is 0 Å². The van der Waals surface area contributed by atoms with Gasteiger partial charge in [-0.05, 0) is 67.8 Å². The molecule has 0 radical (unpaired) electrons. The standard InChI is InChI=1S/C24H21FN4O2S/c1-14-20-12-21(32-24(20)29(28-14)13-15-2-6-17(25)7-3-15)23(31)27-18-8-4-16(5-9-18)22(30)26-19-10-11-19/h2-9,12,19H,10-11,13H2,1H3,(H,26,30)(H,27,31). The highest BCUT2D eigenvalue weighted by atomic mass is 32.1. The second kappa shape index (κ2) is 8.20. The normalized spacial score (nSPS) is 13.3. The highest BCUT2D eigenvalue weighted by Crippen LogP contribution is 2.29. The maximum Gasteiger partial charge on any atom is 0.265 e. The Morgan fingerprint density at radius 3 is 2.50 bits per heavy atom. The molecule has 0 bridgehead atoms. The van der Waals surface area contributed by atoms with Gasteiger partial charge in [0.2, 0.25) is 0 Å². The molecule has 0 saturated heterocycles. The molecule has 0 unspecified atom stereocenters. The lowest BCUT2D eigenvalue weighted by Gasteiger charge is -2.06. The van der Waals surface area contributed by atoms with Crippen molar-refractivity contribution in [2.24, 2.45) is 0 Å². The summed E-state index contributed by atoms with van der Waals surface area (Å²) < 4.78 is 15.0. The number of nitrogens with zero attached hydrogens (tertiary/aromatic N) is 2. The van der Waals surface area contributed by atoms with Gasteiger partial charge in [0.25, 0.3) is 11.8 Å². The van der Waals surface area contributed by atoms with Crippen LogP contribution in [0.5, 0.6) is 0 Å². The Morgan fingerprint density at radius 2 is 1.81 bits per heavy atom. The van der Waals surface area contributed by atoms with Crippen LogP contribution in [0.15, 0.2) is 54.6 Å². The average molecular weight is 449 g/mol. The van der Waals surface area contributed by atoms with Crippen molar-refractivity contribution in [1.82, 2.24) is 15.1 Å². The van der Waals surface area contributed by atoms with Crippen LogP contribution < -0.4 is 10.6 Å². The third-order valence-corrected chi connectivity index (χ3v) is 6.54. The molecule has 1 fully saturated rings. The maximum atomic E-state index is 13.2. The maximum absolute atomic E-state index is 13.2. The minimum atomic E-state index is -0.276. The Morgan fingerprint density at radius 1 is 1.09 bits per heavy atom. The predicted octanol–water partition coefficient (Wildman–Crippen LogP) is 4.74. The van der Waals surface area contributed by atoms with Gasteiger partial charge in [0.15, 0.2) is 0 Å². The van der Waals surface area contributed by atoms with Crippen LogP contribution in [0.25, 0.3) is 10.2 Å². The summed E-state index contributed by atoms with van der Waals surface area (Å²) in [4.78, 5) is 26.4. The van der Waals surface area contributed by atoms with Gasteiger partial charge in [-0.3, -0.25) is 14.3 Å². The van der Waals surface area contributed by atoms with Crippen molar-refractivity contribution in [2.75, 3.05) is 5.32 Å². The number of nitrogens with one attached hydrogen (secondary N) is 2. The molecule has 0 spiro atoms. The van der Waals surface area contributed by atoms with Crippen LogP contribution in [0.2, 0.25) is 0 Å². The molecule has 8 heteroatoms. The van der Waals surface area contributed by atoms with Crippen LogP contribution in [0, 0.1) is 12.7 Å². The monoisotopic (exact) mass is 448 g/mol. The molecular formula is C24H21FN4O2S. The number of halogens is 1. The summed E-state index contributed by atoms with van der Waals surface area (Å²) in [6.07, 6.45) is 2.08. The lowest BCUT2D eigenvalue weighted by molar-refractivity contribution is 0.0950. The van der Waals surface area contributed by atoms with Gasteiger partial charge >= 0.3 is 0 Å². The number of aromatic nitrogens is 2. The summed E-state index contributed by atoms with van der Waals surface area (Å²) in [5, 5.41) is 11.3. The first-order valence-electron chi connectivity index (χ1n) is 10.4. The fraction of sp³-hybridized carbons (Fsp3) is 0.208. The summed E-state index contributed by atoms with van der Waals surface area (Å²) in [7, 11) is 0. The van der Waals surface area contributed by atoms with Gasteiger partial charge in [-0.15, -0.1) is 11.3 Å². The Labute approximate surface area is 188 Å². The molecule has 6 nitrogen and oxygen atoms in total. The van der Waals surface area contributed by atoms with E-state index in [1.807, 2.05) is 17.7 Å². The highest BCUT2D eigenvalue weighted by molar-refractivity contribution is 7.20. The van der Waals surface area contributed by atoms with Crippen molar-refractivity contribution in [3.63, 3.8) is 0 Å². The topological polar surface area (TPSA) is 76.0 Å². The summed E-state index contributed by atoms with van der Waals surface area (Å²) in [5.74, 6) is -0.576. The number of hydrogen-bond donors (Lipinski definition) is 2. The highest BCUT2D eigenvalue weighted by Gasteiger charge is 2.23. The largest absolute Gasteiger partial charge is 0.349 e. The van der Waals surface area contributed by atoms with Crippen LogP contribution in [0.1, 0.15) is 44.1 Å². The molecule has 2 N–H and O–H groups in total. The summed E-state index contributed by atoms with van der Waals surface area (Å²) in [5.41, 5.74) is 2.97. The Bertz CT molecular complexity index is 1300. The Balaban J connectivity index is 1.31. The number of hydrogen-bond acceptors (Lipinski definition) is 4. The molecule has 0 aliphatic heterocycles. The van der Waals surface area contributed by atoms with Crippen molar-refractivity contribution in [3.05, 3.63) is 82.1 Å². The molecule has 1 saturated carbocycles. The van der Waals surface area contributed by atoms with E-state index in [0.29, 0.717) is 28.7 Å². The Kier molecular flexibility index (Phi) is 5.22. The third-order valence-electron chi connectivity index (χ3n) is 5.39. The molecule has 32 heavy (non-hydrogen) atoms. The van der Waals surface area contributed by atoms with Crippen molar-refractivity contribution in [1.29, 1.82) is 0 Å². The number of carbonyl (C=O) groups excluding carboxylic acids is 2. The van der Waals surface area contributed by atoms with Gasteiger partial charge in [0.05, 0.1) is 17.1 Å². The van der Waals surface area contributed by atoms with Gasteiger partial charge < -0.3 is 10.6 Å². The SMILES string of the molecule is Cc1nn(Cc2ccc(F)cc2)c2sc(C(=O)Nc3ccc(C(=O)NC4CC4)cc3)cc12. The molecule has 5 rings (SSSR count). The molecule has 2 heterocycles. The first kappa shape index (κ1) is 20.4. The van der Waals surface area contributed by atoms with Gasteiger partial charge in [-0.2, -0.15) is 5.10 Å². The van der Waals surface area contributed by atoms with E-state index < -0.39 is 0 Å². The fourth-order valence-electron chi connectivity index (χ4n) is 3.49. The van der Waals surface area contributed by atoms with Gasteiger partial charge in [0, 0.05) is 22.7 Å². The van der Waals surface area contributed by atoms with E-state index >= 15 is 0 Å². The number of amides is 2. The average Bonchev–Trinajstić information content (AvgIpc) is 3.39. The molecule has 0 atom stereocenters. The molecule has 2 amide bonds. The lowest BCUT2D eigenvalue weighted by Crippen LogP contribution is -2.25. The van der Waals surface area contributed by atoms with Crippen LogP contribution >= 0.6 is 11.3 Å². The van der Waals surface area contributed by atoms with Gasteiger partial charge in [0.1, 0.15) is 10.6 Å². The molecular weight excluding hydrogens is 427 g/mol. The van der Waals surface area contributed by atoms with Crippen molar-refractivity contribution in [3.8, 4) is 0 Å². The number of carbonyl (C=O) groups is 2. The lowest BCUT2D eigenvalue weighted by atomic mass is 10.2. The minimum absolute atomic E-state index is 0.0870. The Hall–Kier alpha value is -3.52. The third kappa shape index (κ3) is 4.27. The van der Waals surface area contributed by atoms with E-state index in [1.54, 1.807) is 36.4 Å². The fourth-order valence-corrected chi connectivity index (χ4v) is 4.54. The first-order valence-corrected chi connectivity index (χ1v) is 11.2. The van der Waals surface area contributed by atoms with Crippen molar-refractivity contribution < 1.29 is 14.0 Å². The molecule has 1 aliphatic carbocycles. The van der Waals surface area contributed by atoms with Crippen LogP contribution in [-0.2, 0) is 6.54 Å². The smallest absolute Gasteiger partial charge is 0.265 e. The van der Waals surface area contributed by atoms with Crippen LogP contribution in [0.3, 0.4) is 0 Å². The molecule has 162 valence electrons. The summed E-state index contributed by atoms with van der Waals surface area (Å²) in [6.45, 7) is 2.40. The van der Waals surface area contributed by atoms with Crippen molar-refractivity contribution >= 4 is 39.1 Å². The quantitative estimate of drug-likeness (QED) is 0.447. The summed E-state index contributed by atoms with van der Waals surface area (Å²) in [6, 6.07) is 15.3. The number of fused-ring (bicyclic) bond motifs is 1. The minimum Gasteiger partial charge on any atom is -0.349 e. The zero-order valence-electron chi connectivity index (χ0n) is 17.4. The second-order valence-corrected chi connectivity index (χ2v) is 9.01. The number of thiophene rings is 1. The molecule has 4 aromatic rings. The van der Waals surface area contributed by atoms with E-state index in [2.05, 4.69) is 15.7 Å². The molecule has 2 aromatic carbocycles. The van der Waals surface area contributed by atoms with Crippen LogP contribution in [-0.4, -0.2) is 27.6 Å². The first-order chi connectivity index (χ1) is 15.5. The number of aryl methyl sites for hydroxylation is 1. The second-order valence-electron chi connectivity index (χ2n) is 7.98. The molecule has 1 aliphatic rings. The number of benzene rings is 2. The number of rotatable bonds is 6. The molecule has 2 aromatic heterocycles. The predicted molar refractivity (Wildman–Crippen MR) is 123 cm³/mol. The van der Waals surface area contributed by atoms with E-state index in [9.17, 15) is 14.0 Å². The number of anilines is 1. The zero-order chi connectivity index (χ0) is 22.2. The van der Waals surface area contributed by atoms with Gasteiger partial charge in [-0.25, -0.2) is 4.39 Å². The van der Waals surface area contributed by atoms with Crippen LogP contribution in [0.4, 0.5) is 10.1 Å². The van der Waals surface area contributed by atoms with E-state index in [-0.39, 0.29) is 17.6 Å². The van der Waals surface area contributed by atoms with E-state index in [1.165, 1.54) is 23.5 Å².